The number of nitrogens with zero attached hydrogens (tertiary/aromatic N) is 3. The third kappa shape index (κ3) is 5.58. The summed E-state index contributed by atoms with van der Waals surface area (Å²) in [4.78, 5) is 27.1. The second-order valence-corrected chi connectivity index (χ2v) is 8.58. The lowest BCUT2D eigenvalue weighted by molar-refractivity contribution is 0.102. The first-order valence-corrected chi connectivity index (χ1v) is 11.4. The molecule has 1 unspecified atom stereocenters. The summed E-state index contributed by atoms with van der Waals surface area (Å²) >= 11 is 1.27. The number of urea groups is 1. The van der Waals surface area contributed by atoms with Crippen molar-refractivity contribution >= 4 is 34.6 Å². The standard InChI is InChI=1S/C23H25N5O4S/c1-31-18-9-5-16(6-10-18)24-20(29)22-27-26-21(33-22)15-4-3-13-28(14-15)23(30)25-17-7-11-19(32-2)12-8-17/h5-12,15H,3-4,13-14H2,1-2H3,(H,24,29)(H,25,30). The Morgan fingerprint density at radius 2 is 1.55 bits per heavy atom. The summed E-state index contributed by atoms with van der Waals surface area (Å²) in [6.45, 7) is 1.19. The molecule has 2 heterocycles. The summed E-state index contributed by atoms with van der Waals surface area (Å²) in [5.74, 6) is 1.17. The molecular formula is C23H25N5O4S. The van der Waals surface area contributed by atoms with E-state index in [2.05, 4.69) is 20.8 Å². The van der Waals surface area contributed by atoms with E-state index in [0.717, 1.165) is 23.6 Å². The van der Waals surface area contributed by atoms with Crippen molar-refractivity contribution in [3.63, 3.8) is 0 Å². The van der Waals surface area contributed by atoms with E-state index in [1.54, 1.807) is 67.7 Å². The van der Waals surface area contributed by atoms with Gasteiger partial charge in [0, 0.05) is 30.4 Å². The number of likely N-dealkylation sites (tertiary alicyclic amines) is 1. The Morgan fingerprint density at radius 3 is 2.15 bits per heavy atom. The van der Waals surface area contributed by atoms with Crippen molar-refractivity contribution in [2.45, 2.75) is 18.8 Å². The third-order valence-corrected chi connectivity index (χ3v) is 6.47. The summed E-state index contributed by atoms with van der Waals surface area (Å²) < 4.78 is 10.3. The second-order valence-electron chi connectivity index (χ2n) is 7.57. The number of ether oxygens (including phenoxy) is 2. The number of hydrogen-bond acceptors (Lipinski definition) is 7. The van der Waals surface area contributed by atoms with Gasteiger partial charge in [0.2, 0.25) is 5.01 Å². The zero-order valence-corrected chi connectivity index (χ0v) is 19.2. The van der Waals surface area contributed by atoms with Gasteiger partial charge in [0.25, 0.3) is 5.91 Å². The highest BCUT2D eigenvalue weighted by molar-refractivity contribution is 7.13. The number of rotatable bonds is 6. The molecule has 1 aromatic heterocycles. The van der Waals surface area contributed by atoms with Crippen LogP contribution in [0.2, 0.25) is 0 Å². The van der Waals surface area contributed by atoms with Gasteiger partial charge in [0.05, 0.1) is 14.2 Å². The molecule has 2 N–H and O–H groups in total. The molecule has 4 rings (SSSR count). The first-order chi connectivity index (χ1) is 16.1. The van der Waals surface area contributed by atoms with Gasteiger partial charge in [-0.05, 0) is 61.4 Å². The number of carbonyl (C=O) groups excluding carboxylic acids is 2. The van der Waals surface area contributed by atoms with Crippen molar-refractivity contribution in [3.05, 3.63) is 58.5 Å². The molecule has 0 bridgehead atoms. The SMILES string of the molecule is COc1ccc(NC(=O)c2nnc(C3CCCN(C(=O)Nc4ccc(OC)cc4)C3)s2)cc1. The van der Waals surface area contributed by atoms with Crippen molar-refractivity contribution in [2.24, 2.45) is 0 Å². The van der Waals surface area contributed by atoms with Crippen molar-refractivity contribution in [1.82, 2.24) is 15.1 Å². The van der Waals surface area contributed by atoms with Gasteiger partial charge in [0.1, 0.15) is 16.5 Å². The molecule has 0 radical (unpaired) electrons. The summed E-state index contributed by atoms with van der Waals surface area (Å²) in [5, 5.41) is 15.1. The molecule has 3 aromatic rings. The highest BCUT2D eigenvalue weighted by atomic mass is 32.1. The van der Waals surface area contributed by atoms with Crippen LogP contribution in [0.15, 0.2) is 48.5 Å². The lowest BCUT2D eigenvalue weighted by atomic mass is 9.99. The fourth-order valence-electron chi connectivity index (χ4n) is 3.59. The minimum Gasteiger partial charge on any atom is -0.497 e. The van der Waals surface area contributed by atoms with Gasteiger partial charge in [-0.3, -0.25) is 4.79 Å². The molecular weight excluding hydrogens is 442 g/mol. The molecule has 1 aliphatic heterocycles. The number of aromatic nitrogens is 2. The zero-order chi connectivity index (χ0) is 23.2. The summed E-state index contributed by atoms with van der Waals surface area (Å²) in [5.41, 5.74) is 1.35. The molecule has 172 valence electrons. The first kappa shape index (κ1) is 22.5. The zero-order valence-electron chi connectivity index (χ0n) is 18.4. The lowest BCUT2D eigenvalue weighted by Gasteiger charge is -2.31. The number of methoxy groups -OCH3 is 2. The minimum atomic E-state index is -0.311. The highest BCUT2D eigenvalue weighted by Crippen LogP contribution is 2.30. The number of hydrogen-bond donors (Lipinski definition) is 2. The summed E-state index contributed by atoms with van der Waals surface area (Å²) in [6, 6.07) is 14.1. The number of nitrogens with one attached hydrogen (secondary N) is 2. The molecule has 0 saturated carbocycles. The quantitative estimate of drug-likeness (QED) is 0.562. The van der Waals surface area contributed by atoms with Crippen LogP contribution in [-0.4, -0.2) is 54.3 Å². The monoisotopic (exact) mass is 467 g/mol. The Kier molecular flexibility index (Phi) is 7.04. The largest absolute Gasteiger partial charge is 0.497 e. The van der Waals surface area contributed by atoms with E-state index in [1.165, 1.54) is 11.3 Å². The van der Waals surface area contributed by atoms with Crippen molar-refractivity contribution in [1.29, 1.82) is 0 Å². The number of piperidine rings is 1. The fourth-order valence-corrected chi connectivity index (χ4v) is 4.45. The van der Waals surface area contributed by atoms with E-state index >= 15 is 0 Å². The van der Waals surface area contributed by atoms with Crippen LogP contribution < -0.4 is 20.1 Å². The summed E-state index contributed by atoms with van der Waals surface area (Å²) in [7, 11) is 3.19. The van der Waals surface area contributed by atoms with Gasteiger partial charge < -0.3 is 25.0 Å². The van der Waals surface area contributed by atoms with Crippen LogP contribution in [0.1, 0.15) is 33.6 Å². The Labute approximate surface area is 195 Å². The maximum absolute atomic E-state index is 12.7. The number of benzene rings is 2. The first-order valence-electron chi connectivity index (χ1n) is 10.5. The van der Waals surface area contributed by atoms with Crippen LogP contribution in [0, 0.1) is 0 Å². The van der Waals surface area contributed by atoms with Gasteiger partial charge in [-0.25, -0.2) is 4.79 Å². The van der Waals surface area contributed by atoms with E-state index in [9.17, 15) is 9.59 Å². The molecule has 1 fully saturated rings. The highest BCUT2D eigenvalue weighted by Gasteiger charge is 2.28. The van der Waals surface area contributed by atoms with Crippen LogP contribution in [0.5, 0.6) is 11.5 Å². The van der Waals surface area contributed by atoms with Crippen molar-refractivity contribution < 1.29 is 19.1 Å². The van der Waals surface area contributed by atoms with Gasteiger partial charge in [-0.1, -0.05) is 11.3 Å². The van der Waals surface area contributed by atoms with Crippen molar-refractivity contribution in [2.75, 3.05) is 37.9 Å². The topological polar surface area (TPSA) is 106 Å². The fraction of sp³-hybridized carbons (Fsp3) is 0.304. The van der Waals surface area contributed by atoms with Crippen LogP contribution in [0.4, 0.5) is 16.2 Å². The maximum atomic E-state index is 12.7. The Hall–Kier alpha value is -3.66. The van der Waals surface area contributed by atoms with Crippen LogP contribution in [0.3, 0.4) is 0 Å². The van der Waals surface area contributed by atoms with Gasteiger partial charge in [0.15, 0.2) is 0 Å². The maximum Gasteiger partial charge on any atom is 0.321 e. The predicted molar refractivity (Wildman–Crippen MR) is 126 cm³/mol. The van der Waals surface area contributed by atoms with Crippen molar-refractivity contribution in [3.8, 4) is 11.5 Å². The number of anilines is 2. The van der Waals surface area contributed by atoms with E-state index in [-0.39, 0.29) is 17.9 Å². The van der Waals surface area contributed by atoms with E-state index in [1.807, 2.05) is 0 Å². The summed E-state index contributed by atoms with van der Waals surface area (Å²) in [6.07, 6.45) is 1.74. The third-order valence-electron chi connectivity index (χ3n) is 5.38. The predicted octanol–water partition coefficient (Wildman–Crippen LogP) is 4.22. The normalized spacial score (nSPS) is 15.6. The van der Waals surface area contributed by atoms with E-state index < -0.39 is 0 Å². The molecule has 1 atom stereocenters. The van der Waals surface area contributed by atoms with Gasteiger partial charge in [-0.15, -0.1) is 10.2 Å². The molecule has 0 aliphatic carbocycles. The molecule has 3 amide bonds. The number of carbonyl (C=O) groups is 2. The van der Waals surface area contributed by atoms with E-state index in [4.69, 9.17) is 9.47 Å². The second kappa shape index (κ2) is 10.3. The van der Waals surface area contributed by atoms with Crippen LogP contribution >= 0.6 is 11.3 Å². The average Bonchev–Trinajstić information content (AvgIpc) is 3.36. The Bertz CT molecular complexity index is 1100. The van der Waals surface area contributed by atoms with Gasteiger partial charge >= 0.3 is 6.03 Å². The molecule has 9 nitrogen and oxygen atoms in total. The molecule has 2 aromatic carbocycles. The lowest BCUT2D eigenvalue weighted by Crippen LogP contribution is -2.41. The molecule has 33 heavy (non-hydrogen) atoms. The molecule has 10 heteroatoms. The number of amides is 3. The minimum absolute atomic E-state index is 0.0420. The molecule has 1 aliphatic rings. The van der Waals surface area contributed by atoms with Crippen LogP contribution in [-0.2, 0) is 0 Å². The van der Waals surface area contributed by atoms with E-state index in [0.29, 0.717) is 35.2 Å². The molecule has 0 spiro atoms. The van der Waals surface area contributed by atoms with Crippen LogP contribution in [0.25, 0.3) is 0 Å². The Balaban J connectivity index is 1.35. The molecule has 1 saturated heterocycles. The Morgan fingerprint density at radius 1 is 0.939 bits per heavy atom. The smallest absolute Gasteiger partial charge is 0.321 e. The van der Waals surface area contributed by atoms with Gasteiger partial charge in [-0.2, -0.15) is 0 Å². The average molecular weight is 468 g/mol.